The average molecular weight is 252 g/mol. The molecule has 0 amide bonds. The molecule has 15 heavy (non-hydrogen) atoms. The molecule has 6 nitrogen and oxygen atoms in total. The summed E-state index contributed by atoms with van der Waals surface area (Å²) < 4.78 is 25.1. The van der Waals surface area contributed by atoms with Gasteiger partial charge in [0.15, 0.2) is 0 Å². The highest BCUT2D eigenvalue weighted by Gasteiger charge is 2.32. The van der Waals surface area contributed by atoms with E-state index >= 15 is 0 Å². The lowest BCUT2D eigenvalue weighted by Crippen LogP contribution is -1.96. The minimum atomic E-state index is -4.25. The molecule has 1 rings (SSSR count). The lowest BCUT2D eigenvalue weighted by atomic mass is 10.3. The molecule has 0 aliphatic heterocycles. The Balaban J connectivity index is 0.00000196. The van der Waals surface area contributed by atoms with Gasteiger partial charge in [0.25, 0.3) is 0 Å². The molecule has 0 aliphatic rings. The van der Waals surface area contributed by atoms with Crippen molar-refractivity contribution in [2.75, 3.05) is 5.09 Å². The van der Waals surface area contributed by atoms with E-state index < -0.39 is 16.0 Å². The number of para-hydroxylation sites is 1. The minimum Gasteiger partial charge on any atom is -0.305 e. The van der Waals surface area contributed by atoms with E-state index in [1.807, 2.05) is 0 Å². The molecule has 0 heterocycles. The molecule has 0 saturated heterocycles. The first-order valence-electron chi connectivity index (χ1n) is 3.51. The molecule has 2 unspecified atom stereocenters. The maximum Gasteiger partial charge on any atom is 0.705 e. The smallest absolute Gasteiger partial charge is 0.305 e. The van der Waals surface area contributed by atoms with E-state index in [2.05, 4.69) is 9.40 Å². The number of benzene rings is 1. The Labute approximate surface area is 88.5 Å². The van der Waals surface area contributed by atoms with Gasteiger partial charge in [0.1, 0.15) is 0 Å². The zero-order valence-corrected chi connectivity index (χ0v) is 8.69. The lowest BCUT2D eigenvalue weighted by molar-refractivity contribution is 0.355. The summed E-state index contributed by atoms with van der Waals surface area (Å²) in [6.45, 7) is 0. The lowest BCUT2D eigenvalue weighted by Gasteiger charge is -2.06. The second-order valence-corrected chi connectivity index (χ2v) is 4.71. The van der Waals surface area contributed by atoms with E-state index in [1.54, 1.807) is 18.2 Å². The van der Waals surface area contributed by atoms with Crippen LogP contribution in [0.4, 0.5) is 5.69 Å². The monoisotopic (exact) mass is 252 g/mol. The van der Waals surface area contributed by atoms with Gasteiger partial charge in [-0.2, -0.15) is 0 Å². The third-order valence-electron chi connectivity index (χ3n) is 1.22. The second-order valence-electron chi connectivity index (χ2n) is 2.32. The van der Waals surface area contributed by atoms with E-state index in [9.17, 15) is 9.13 Å². The van der Waals surface area contributed by atoms with Gasteiger partial charge in [-0.1, -0.05) is 25.6 Å². The van der Waals surface area contributed by atoms with Crippen LogP contribution in [0.3, 0.4) is 0 Å². The highest BCUT2D eigenvalue weighted by atomic mass is 31.2. The molecule has 0 aliphatic carbocycles. The van der Waals surface area contributed by atoms with Gasteiger partial charge in [-0.05, 0) is 16.4 Å². The van der Waals surface area contributed by atoms with Gasteiger partial charge < -0.3 is 4.89 Å². The molecule has 3 N–H and O–H groups in total. The number of rotatable bonds is 4. The van der Waals surface area contributed by atoms with Crippen LogP contribution in [0.1, 0.15) is 7.43 Å². The SMILES string of the molecule is C.O=[P+](O)OP(=O)(O)Nc1ccccc1. The van der Waals surface area contributed by atoms with Gasteiger partial charge in [-0.15, -0.1) is 4.89 Å². The van der Waals surface area contributed by atoms with Crippen molar-refractivity contribution in [3.63, 3.8) is 0 Å². The summed E-state index contributed by atoms with van der Waals surface area (Å²) in [4.78, 5) is 17.3. The van der Waals surface area contributed by atoms with Crippen LogP contribution in [0.2, 0.25) is 0 Å². The second kappa shape index (κ2) is 5.95. The van der Waals surface area contributed by atoms with E-state index in [1.165, 1.54) is 12.1 Å². The van der Waals surface area contributed by atoms with Crippen molar-refractivity contribution in [3.8, 4) is 0 Å². The fraction of sp³-hybridized carbons (Fsp3) is 0.143. The van der Waals surface area contributed by atoms with Crippen molar-refractivity contribution in [2.24, 2.45) is 0 Å². The molecule has 8 heteroatoms. The number of anilines is 1. The quantitative estimate of drug-likeness (QED) is 0.712. The summed E-state index contributed by atoms with van der Waals surface area (Å²) in [5, 5.41) is 2.09. The first kappa shape index (κ1) is 14.2. The van der Waals surface area contributed by atoms with Gasteiger partial charge in [-0.3, -0.25) is 5.09 Å². The highest BCUT2D eigenvalue weighted by molar-refractivity contribution is 7.60. The molecule has 0 bridgehead atoms. The third-order valence-corrected chi connectivity index (χ3v) is 3.21. The fourth-order valence-electron chi connectivity index (χ4n) is 0.791. The van der Waals surface area contributed by atoms with Gasteiger partial charge in [0.05, 0.1) is 0 Å². The Morgan fingerprint density at radius 3 is 2.33 bits per heavy atom. The molecular weight excluding hydrogens is 240 g/mol. The van der Waals surface area contributed by atoms with Crippen molar-refractivity contribution in [3.05, 3.63) is 30.3 Å². The molecule has 0 aromatic heterocycles. The summed E-state index contributed by atoms with van der Waals surface area (Å²) in [6.07, 6.45) is 0. The van der Waals surface area contributed by atoms with Crippen molar-refractivity contribution >= 4 is 21.7 Å². The fourth-order valence-corrected chi connectivity index (χ4v) is 2.19. The molecule has 1 aromatic rings. The minimum absolute atomic E-state index is 0. The first-order valence-corrected chi connectivity index (χ1v) is 6.22. The Kier molecular flexibility index (Phi) is 5.65. The molecule has 0 radical (unpaired) electrons. The maximum atomic E-state index is 11.1. The Hall–Kier alpha value is -0.770. The zero-order chi connectivity index (χ0) is 10.6. The third kappa shape index (κ3) is 5.62. The Bertz CT molecular complexity index is 369. The number of hydrogen-bond donors (Lipinski definition) is 3. The normalized spacial score (nSPS) is 14.7. The van der Waals surface area contributed by atoms with E-state index in [4.69, 9.17) is 9.79 Å². The molecule has 0 saturated carbocycles. The molecule has 0 spiro atoms. The predicted octanol–water partition coefficient (Wildman–Crippen LogP) is 2.50. The Morgan fingerprint density at radius 2 is 1.87 bits per heavy atom. The summed E-state index contributed by atoms with van der Waals surface area (Å²) in [5.74, 6) is 0. The highest BCUT2D eigenvalue weighted by Crippen LogP contribution is 2.49. The van der Waals surface area contributed by atoms with Crippen LogP contribution in [0.15, 0.2) is 30.3 Å². The maximum absolute atomic E-state index is 11.1. The van der Waals surface area contributed by atoms with E-state index in [0.29, 0.717) is 5.69 Å². The van der Waals surface area contributed by atoms with Crippen molar-refractivity contribution in [1.82, 2.24) is 0 Å². The summed E-state index contributed by atoms with van der Waals surface area (Å²) in [7, 11) is -7.36. The zero-order valence-electron chi connectivity index (χ0n) is 6.90. The van der Waals surface area contributed by atoms with Crippen LogP contribution in [0.25, 0.3) is 0 Å². The van der Waals surface area contributed by atoms with Crippen molar-refractivity contribution in [2.45, 2.75) is 7.43 Å². The number of nitrogens with one attached hydrogen (secondary N) is 1. The Morgan fingerprint density at radius 1 is 1.33 bits per heavy atom. The van der Waals surface area contributed by atoms with Crippen LogP contribution < -0.4 is 5.09 Å². The standard InChI is InChI=1S/C6H7NO5P2.CH4/c8-13(9)12-14(10,11)7-6-4-2-1-3-5-6;/h1-5H,(H2-,7,8,9,10,11);1H4/p+1. The van der Waals surface area contributed by atoms with Crippen LogP contribution in [0, 0.1) is 0 Å². The average Bonchev–Trinajstić information content (AvgIpc) is 2.02. The number of hydrogen-bond acceptors (Lipinski definition) is 3. The molecular formula is C7H12NO5P2+. The topological polar surface area (TPSA) is 95.9 Å². The van der Waals surface area contributed by atoms with Gasteiger partial charge >= 0.3 is 16.0 Å². The predicted molar refractivity (Wildman–Crippen MR) is 57.5 cm³/mol. The van der Waals surface area contributed by atoms with Gasteiger partial charge in [0.2, 0.25) is 0 Å². The van der Waals surface area contributed by atoms with E-state index in [0.717, 1.165) is 0 Å². The van der Waals surface area contributed by atoms with Crippen molar-refractivity contribution in [1.29, 1.82) is 0 Å². The molecule has 0 fully saturated rings. The van der Waals surface area contributed by atoms with Crippen LogP contribution in [-0.4, -0.2) is 9.79 Å². The van der Waals surface area contributed by atoms with Crippen molar-refractivity contribution < 1.29 is 23.2 Å². The molecule has 2 atom stereocenters. The van der Waals surface area contributed by atoms with Crippen LogP contribution in [-0.2, 0) is 13.4 Å². The summed E-state index contributed by atoms with van der Waals surface area (Å²) in [6, 6.07) is 8.05. The van der Waals surface area contributed by atoms with Gasteiger partial charge in [-0.25, -0.2) is 4.57 Å². The molecule has 84 valence electrons. The summed E-state index contributed by atoms with van der Waals surface area (Å²) in [5.41, 5.74) is 0.329. The van der Waals surface area contributed by atoms with Crippen LogP contribution in [0.5, 0.6) is 0 Å². The summed E-state index contributed by atoms with van der Waals surface area (Å²) >= 11 is 0. The first-order chi connectivity index (χ1) is 6.49. The largest absolute Gasteiger partial charge is 0.705 e. The molecule has 1 aromatic carbocycles. The van der Waals surface area contributed by atoms with Gasteiger partial charge in [0, 0.05) is 10.3 Å². The van der Waals surface area contributed by atoms with Crippen LogP contribution >= 0.6 is 16.0 Å². The van der Waals surface area contributed by atoms with E-state index in [-0.39, 0.29) is 7.43 Å².